The Balaban J connectivity index is 2.56. The van der Waals surface area contributed by atoms with Gasteiger partial charge in [0.25, 0.3) is 0 Å². The molecule has 1 aromatic rings. The first kappa shape index (κ1) is 16.9. The van der Waals surface area contributed by atoms with Crippen LogP contribution in [-0.2, 0) is 21.4 Å². The normalized spacial score (nSPS) is 19.7. The monoisotopic (exact) mass is 377 g/mol. The number of ether oxygens (including phenoxy) is 1. The van der Waals surface area contributed by atoms with Crippen LogP contribution >= 0.6 is 15.9 Å². The molecule has 0 atom stereocenters. The third-order valence-corrected chi connectivity index (χ3v) is 6.74. The van der Waals surface area contributed by atoms with E-state index in [4.69, 9.17) is 4.74 Å². The van der Waals surface area contributed by atoms with Crippen molar-refractivity contribution in [2.45, 2.75) is 37.8 Å². The van der Waals surface area contributed by atoms with Crippen LogP contribution in [0.25, 0.3) is 0 Å². The summed E-state index contributed by atoms with van der Waals surface area (Å²) in [5.74, 6) is 0. The maximum Gasteiger partial charge on any atom is 0.244 e. The lowest BCUT2D eigenvalue weighted by Crippen LogP contribution is -2.55. The summed E-state index contributed by atoms with van der Waals surface area (Å²) in [6.45, 7) is 6.35. The summed E-state index contributed by atoms with van der Waals surface area (Å²) in [4.78, 5) is 0.232. The molecule has 0 radical (unpaired) electrons. The van der Waals surface area contributed by atoms with Crippen LogP contribution in [0.1, 0.15) is 25.0 Å². The van der Waals surface area contributed by atoms with Gasteiger partial charge in [-0.2, -0.15) is 4.31 Å². The van der Waals surface area contributed by atoms with Gasteiger partial charge in [0.05, 0.1) is 30.3 Å². The molecule has 0 bridgehead atoms. The molecule has 0 spiro atoms. The minimum Gasteiger partial charge on any atom is -0.392 e. The molecule has 0 unspecified atom stereocenters. The third kappa shape index (κ3) is 3.17. The summed E-state index contributed by atoms with van der Waals surface area (Å²) in [5, 5.41) is 9.31. The van der Waals surface area contributed by atoms with Gasteiger partial charge in [-0.15, -0.1) is 0 Å². The molecule has 5 nitrogen and oxygen atoms in total. The molecule has 0 aromatic heterocycles. The van der Waals surface area contributed by atoms with Gasteiger partial charge in [-0.05, 0) is 44.0 Å². The van der Waals surface area contributed by atoms with Gasteiger partial charge in [-0.3, -0.25) is 0 Å². The van der Waals surface area contributed by atoms with E-state index in [2.05, 4.69) is 15.9 Å². The number of aliphatic hydroxyl groups excluding tert-OH is 1. The molecule has 7 heteroatoms. The van der Waals surface area contributed by atoms with Crippen molar-refractivity contribution in [3.63, 3.8) is 0 Å². The Labute approximate surface area is 134 Å². The molecule has 1 N–H and O–H groups in total. The Hall–Kier alpha value is -0.470. The van der Waals surface area contributed by atoms with E-state index in [1.165, 1.54) is 4.31 Å². The molecule has 0 amide bonds. The summed E-state index contributed by atoms with van der Waals surface area (Å²) in [6, 6.07) is 3.28. The van der Waals surface area contributed by atoms with Crippen LogP contribution in [0.15, 0.2) is 21.5 Å². The molecule has 118 valence electrons. The van der Waals surface area contributed by atoms with E-state index >= 15 is 0 Å². The second-order valence-corrected chi connectivity index (χ2v) is 8.49. The lowest BCUT2D eigenvalue weighted by atomic mass is 10.1. The number of morpholine rings is 1. The summed E-state index contributed by atoms with van der Waals surface area (Å²) >= 11 is 3.36. The van der Waals surface area contributed by atoms with Crippen LogP contribution in [0.3, 0.4) is 0 Å². The molecule has 1 aliphatic rings. The summed E-state index contributed by atoms with van der Waals surface area (Å²) < 4.78 is 33.6. The van der Waals surface area contributed by atoms with Gasteiger partial charge < -0.3 is 9.84 Å². The van der Waals surface area contributed by atoms with Gasteiger partial charge in [-0.1, -0.05) is 15.9 Å². The number of halogens is 1. The second-order valence-electron chi connectivity index (χ2n) is 5.80. The predicted molar refractivity (Wildman–Crippen MR) is 83.6 cm³/mol. The smallest absolute Gasteiger partial charge is 0.244 e. The summed E-state index contributed by atoms with van der Waals surface area (Å²) in [5.41, 5.74) is 0.622. The van der Waals surface area contributed by atoms with Crippen LogP contribution in [0.2, 0.25) is 0 Å². The van der Waals surface area contributed by atoms with Gasteiger partial charge in [-0.25, -0.2) is 8.42 Å². The predicted octanol–water partition coefficient (Wildman–Crippen LogP) is 2.05. The lowest BCUT2D eigenvalue weighted by molar-refractivity contribution is -0.00772. The van der Waals surface area contributed by atoms with E-state index in [1.807, 2.05) is 13.8 Å². The van der Waals surface area contributed by atoms with E-state index in [0.29, 0.717) is 35.4 Å². The zero-order valence-electron chi connectivity index (χ0n) is 12.4. The van der Waals surface area contributed by atoms with Gasteiger partial charge in [0.2, 0.25) is 10.0 Å². The van der Waals surface area contributed by atoms with Crippen molar-refractivity contribution in [2.24, 2.45) is 0 Å². The fourth-order valence-corrected chi connectivity index (χ4v) is 5.17. The Kier molecular flexibility index (Phi) is 4.80. The molecular formula is C14H20BrNO4S. The first-order chi connectivity index (χ1) is 9.70. The number of aliphatic hydroxyl groups is 1. The van der Waals surface area contributed by atoms with Crippen LogP contribution < -0.4 is 0 Å². The quantitative estimate of drug-likeness (QED) is 0.874. The highest BCUT2D eigenvalue weighted by atomic mass is 79.9. The van der Waals surface area contributed by atoms with E-state index in [-0.39, 0.29) is 11.5 Å². The first-order valence-corrected chi connectivity index (χ1v) is 8.94. The van der Waals surface area contributed by atoms with Crippen molar-refractivity contribution in [3.8, 4) is 0 Å². The fourth-order valence-electron chi connectivity index (χ4n) is 2.47. The Morgan fingerprint density at radius 3 is 2.67 bits per heavy atom. The number of sulfonamides is 1. The standard InChI is InChI=1S/C14H20BrNO4S/c1-10-12(15)6-11(8-17)7-13(10)21(18,19)16-4-5-20-9-14(16,2)3/h6-7,17H,4-5,8-9H2,1-3H3. The van der Waals surface area contributed by atoms with Gasteiger partial charge >= 0.3 is 0 Å². The molecule has 1 heterocycles. The Bertz CT molecular complexity index is 643. The van der Waals surface area contributed by atoms with Crippen LogP contribution in [0, 0.1) is 6.92 Å². The molecule has 1 saturated heterocycles. The summed E-state index contributed by atoms with van der Waals surface area (Å²) in [6.07, 6.45) is 0. The van der Waals surface area contributed by atoms with Crippen molar-refractivity contribution in [1.82, 2.24) is 4.31 Å². The van der Waals surface area contributed by atoms with Crippen molar-refractivity contribution in [3.05, 3.63) is 27.7 Å². The SMILES string of the molecule is Cc1c(Br)cc(CO)cc1S(=O)(=O)N1CCOCC1(C)C. The van der Waals surface area contributed by atoms with E-state index in [9.17, 15) is 13.5 Å². The maximum absolute atomic E-state index is 13.0. The average molecular weight is 378 g/mol. The molecule has 1 aromatic carbocycles. The van der Waals surface area contributed by atoms with Crippen LogP contribution in [-0.4, -0.2) is 43.1 Å². The highest BCUT2D eigenvalue weighted by molar-refractivity contribution is 9.10. The zero-order valence-corrected chi connectivity index (χ0v) is 14.8. The zero-order chi connectivity index (χ0) is 15.8. The van der Waals surface area contributed by atoms with Crippen molar-refractivity contribution in [1.29, 1.82) is 0 Å². The highest BCUT2D eigenvalue weighted by Gasteiger charge is 2.40. The number of benzene rings is 1. The molecule has 0 saturated carbocycles. The van der Waals surface area contributed by atoms with Gasteiger partial charge in [0, 0.05) is 11.0 Å². The third-order valence-electron chi connectivity index (χ3n) is 3.68. The van der Waals surface area contributed by atoms with Gasteiger partial charge in [0.1, 0.15) is 0 Å². The van der Waals surface area contributed by atoms with E-state index in [0.717, 1.165) is 0 Å². The lowest BCUT2D eigenvalue weighted by Gasteiger charge is -2.41. The van der Waals surface area contributed by atoms with Crippen molar-refractivity contribution < 1.29 is 18.3 Å². The van der Waals surface area contributed by atoms with E-state index < -0.39 is 15.6 Å². The number of hydrogen-bond donors (Lipinski definition) is 1. The Morgan fingerprint density at radius 1 is 1.43 bits per heavy atom. The highest BCUT2D eigenvalue weighted by Crippen LogP contribution is 2.32. The molecule has 21 heavy (non-hydrogen) atoms. The molecule has 1 fully saturated rings. The maximum atomic E-state index is 13.0. The van der Waals surface area contributed by atoms with Crippen molar-refractivity contribution >= 4 is 26.0 Å². The minimum atomic E-state index is -3.64. The largest absolute Gasteiger partial charge is 0.392 e. The topological polar surface area (TPSA) is 66.8 Å². The van der Waals surface area contributed by atoms with Crippen LogP contribution in [0.5, 0.6) is 0 Å². The minimum absolute atomic E-state index is 0.200. The van der Waals surface area contributed by atoms with Crippen LogP contribution in [0.4, 0.5) is 0 Å². The molecular weight excluding hydrogens is 358 g/mol. The number of nitrogens with zero attached hydrogens (tertiary/aromatic N) is 1. The van der Waals surface area contributed by atoms with Gasteiger partial charge in [0.15, 0.2) is 0 Å². The average Bonchev–Trinajstić information content (AvgIpc) is 2.40. The molecule has 1 aliphatic heterocycles. The Morgan fingerprint density at radius 2 is 2.10 bits per heavy atom. The number of rotatable bonds is 3. The fraction of sp³-hybridized carbons (Fsp3) is 0.571. The first-order valence-electron chi connectivity index (χ1n) is 6.70. The second kappa shape index (κ2) is 5.96. The van der Waals surface area contributed by atoms with E-state index in [1.54, 1.807) is 19.1 Å². The summed E-state index contributed by atoms with van der Waals surface area (Å²) in [7, 11) is -3.64. The number of hydrogen-bond acceptors (Lipinski definition) is 4. The molecule has 0 aliphatic carbocycles. The van der Waals surface area contributed by atoms with Crippen molar-refractivity contribution in [2.75, 3.05) is 19.8 Å². The molecule has 2 rings (SSSR count).